The molecule has 2 aromatic heterocycles. The van der Waals surface area contributed by atoms with Crippen molar-refractivity contribution < 1.29 is 12.8 Å². The van der Waals surface area contributed by atoms with Crippen LogP contribution in [0.25, 0.3) is 5.65 Å². The van der Waals surface area contributed by atoms with Gasteiger partial charge in [0.2, 0.25) is 0 Å². The minimum atomic E-state index is -3.98. The fraction of sp³-hybridized carbons (Fsp3) is 0.143. The number of sulfonamides is 1. The molecule has 0 atom stereocenters. The molecule has 6 nitrogen and oxygen atoms in total. The Morgan fingerprint density at radius 3 is 2.48 bits per heavy atom. The Labute approximate surface area is 168 Å². The first-order chi connectivity index (χ1) is 13.9. The van der Waals surface area contributed by atoms with Gasteiger partial charge in [-0.15, -0.1) is 10.2 Å². The van der Waals surface area contributed by atoms with Gasteiger partial charge in [0.05, 0.1) is 12.2 Å². The minimum Gasteiger partial charge on any atom is -0.285 e. The van der Waals surface area contributed by atoms with Crippen LogP contribution in [0.5, 0.6) is 0 Å². The highest BCUT2D eigenvalue weighted by Gasteiger charge is 2.26. The lowest BCUT2D eigenvalue weighted by atomic mass is 10.2. The third kappa shape index (κ3) is 3.58. The quantitative estimate of drug-likeness (QED) is 0.501. The van der Waals surface area contributed by atoms with E-state index in [0.29, 0.717) is 17.0 Å². The molecule has 0 N–H and O–H groups in total. The molecule has 2 aromatic carbocycles. The molecule has 0 saturated carbocycles. The van der Waals surface area contributed by atoms with E-state index in [2.05, 4.69) is 10.2 Å². The first kappa shape index (κ1) is 19.1. The summed E-state index contributed by atoms with van der Waals surface area (Å²) >= 11 is 0. The molecule has 0 radical (unpaired) electrons. The molecule has 4 aromatic rings. The Morgan fingerprint density at radius 2 is 1.76 bits per heavy atom. The second kappa shape index (κ2) is 7.29. The van der Waals surface area contributed by atoms with Gasteiger partial charge in [-0.1, -0.05) is 36.4 Å². The zero-order valence-corrected chi connectivity index (χ0v) is 16.8. The number of aromatic nitrogens is 3. The van der Waals surface area contributed by atoms with Crippen molar-refractivity contribution in [3.05, 3.63) is 89.6 Å². The summed E-state index contributed by atoms with van der Waals surface area (Å²) in [5.41, 5.74) is 2.06. The van der Waals surface area contributed by atoms with E-state index >= 15 is 0 Å². The van der Waals surface area contributed by atoms with E-state index in [1.54, 1.807) is 36.4 Å². The molecule has 8 heteroatoms. The summed E-state index contributed by atoms with van der Waals surface area (Å²) in [6.45, 7) is 3.45. The summed E-state index contributed by atoms with van der Waals surface area (Å²) in [6, 6.07) is 16.7. The first-order valence-electron chi connectivity index (χ1n) is 9.00. The Kier molecular flexibility index (Phi) is 4.79. The highest BCUT2D eigenvalue weighted by atomic mass is 32.2. The van der Waals surface area contributed by atoms with Crippen molar-refractivity contribution in [2.75, 3.05) is 4.31 Å². The molecule has 0 aliphatic rings. The van der Waals surface area contributed by atoms with Crippen LogP contribution in [0.2, 0.25) is 0 Å². The number of benzene rings is 2. The summed E-state index contributed by atoms with van der Waals surface area (Å²) in [4.78, 5) is 0.0739. The molecule has 0 unspecified atom stereocenters. The van der Waals surface area contributed by atoms with Gasteiger partial charge in [0.15, 0.2) is 5.65 Å². The SMILES string of the molecule is Cc1ccc(N(Cc2ccccc2)S(=O)(=O)c2ccc3nnc(C)n3c2)cc1F. The van der Waals surface area contributed by atoms with Crippen molar-refractivity contribution >= 4 is 21.4 Å². The fourth-order valence-corrected chi connectivity index (χ4v) is 4.51. The molecule has 29 heavy (non-hydrogen) atoms. The van der Waals surface area contributed by atoms with E-state index < -0.39 is 15.8 Å². The van der Waals surface area contributed by atoms with E-state index in [1.807, 2.05) is 30.3 Å². The second-order valence-electron chi connectivity index (χ2n) is 6.77. The largest absolute Gasteiger partial charge is 0.285 e. The topological polar surface area (TPSA) is 67.6 Å². The van der Waals surface area contributed by atoms with Crippen LogP contribution in [0.3, 0.4) is 0 Å². The van der Waals surface area contributed by atoms with Gasteiger partial charge >= 0.3 is 0 Å². The zero-order chi connectivity index (χ0) is 20.6. The monoisotopic (exact) mass is 410 g/mol. The van der Waals surface area contributed by atoms with Gasteiger partial charge in [0, 0.05) is 6.20 Å². The molecule has 0 amide bonds. The lowest BCUT2D eigenvalue weighted by Crippen LogP contribution is -2.31. The summed E-state index contributed by atoms with van der Waals surface area (Å²) in [5, 5.41) is 7.95. The van der Waals surface area contributed by atoms with Crippen LogP contribution < -0.4 is 4.31 Å². The van der Waals surface area contributed by atoms with Crippen molar-refractivity contribution in [1.29, 1.82) is 0 Å². The molecule has 0 aliphatic heterocycles. The maximum Gasteiger partial charge on any atom is 0.266 e. The molecule has 0 aliphatic carbocycles. The number of rotatable bonds is 5. The maximum absolute atomic E-state index is 14.2. The fourth-order valence-electron chi connectivity index (χ4n) is 3.07. The standard InChI is InChI=1S/C21H19FN4O2S/c1-15-8-9-18(12-20(15)22)26(13-17-6-4-3-5-7-17)29(27,28)19-10-11-21-24-23-16(2)25(21)14-19/h3-12,14H,13H2,1-2H3. The second-order valence-corrected chi connectivity index (χ2v) is 8.63. The average molecular weight is 410 g/mol. The smallest absolute Gasteiger partial charge is 0.266 e. The molecule has 0 spiro atoms. The van der Waals surface area contributed by atoms with Crippen LogP contribution in [0, 0.1) is 19.7 Å². The Morgan fingerprint density at radius 1 is 1.00 bits per heavy atom. The van der Waals surface area contributed by atoms with Crippen molar-refractivity contribution in [3.63, 3.8) is 0 Å². The lowest BCUT2D eigenvalue weighted by molar-refractivity contribution is 0.589. The van der Waals surface area contributed by atoms with Gasteiger partial charge in [-0.2, -0.15) is 0 Å². The van der Waals surface area contributed by atoms with Gasteiger partial charge in [-0.25, -0.2) is 12.8 Å². The molecule has 2 heterocycles. The van der Waals surface area contributed by atoms with Crippen LogP contribution >= 0.6 is 0 Å². The minimum absolute atomic E-state index is 0.0739. The van der Waals surface area contributed by atoms with Crippen molar-refractivity contribution in [2.24, 2.45) is 0 Å². The molecule has 0 fully saturated rings. The van der Waals surface area contributed by atoms with E-state index in [-0.39, 0.29) is 17.1 Å². The summed E-state index contributed by atoms with van der Waals surface area (Å²) < 4.78 is 44.2. The van der Waals surface area contributed by atoms with E-state index in [4.69, 9.17) is 0 Å². The zero-order valence-electron chi connectivity index (χ0n) is 15.9. The molecular formula is C21H19FN4O2S. The van der Waals surface area contributed by atoms with Gasteiger partial charge < -0.3 is 0 Å². The lowest BCUT2D eigenvalue weighted by Gasteiger charge is -2.25. The number of hydrogen-bond donors (Lipinski definition) is 0. The van der Waals surface area contributed by atoms with E-state index in [9.17, 15) is 12.8 Å². The summed E-state index contributed by atoms with van der Waals surface area (Å²) in [7, 11) is -3.98. The van der Waals surface area contributed by atoms with Crippen LogP contribution in [0.1, 0.15) is 17.0 Å². The van der Waals surface area contributed by atoms with Crippen LogP contribution in [0.15, 0.2) is 71.8 Å². The number of fused-ring (bicyclic) bond motifs is 1. The van der Waals surface area contributed by atoms with Gasteiger partial charge in [-0.3, -0.25) is 8.71 Å². The number of nitrogens with zero attached hydrogens (tertiary/aromatic N) is 4. The Bertz CT molecular complexity index is 1290. The number of anilines is 1. The third-order valence-corrected chi connectivity index (χ3v) is 6.50. The Balaban J connectivity index is 1.85. The average Bonchev–Trinajstić information content (AvgIpc) is 3.09. The van der Waals surface area contributed by atoms with Crippen molar-refractivity contribution in [1.82, 2.24) is 14.6 Å². The Hall–Kier alpha value is -3.26. The molecule has 148 valence electrons. The van der Waals surface area contributed by atoms with Crippen LogP contribution in [-0.2, 0) is 16.6 Å². The van der Waals surface area contributed by atoms with E-state index in [0.717, 1.165) is 5.56 Å². The van der Waals surface area contributed by atoms with Gasteiger partial charge in [0.1, 0.15) is 16.5 Å². The van der Waals surface area contributed by atoms with Crippen LogP contribution in [-0.4, -0.2) is 23.0 Å². The van der Waals surface area contributed by atoms with Crippen molar-refractivity contribution in [2.45, 2.75) is 25.3 Å². The van der Waals surface area contributed by atoms with Crippen molar-refractivity contribution in [3.8, 4) is 0 Å². The molecule has 0 saturated heterocycles. The van der Waals surface area contributed by atoms with E-state index in [1.165, 1.54) is 22.6 Å². The molecular weight excluding hydrogens is 391 g/mol. The van der Waals surface area contributed by atoms with Gasteiger partial charge in [-0.05, 0) is 49.2 Å². The van der Waals surface area contributed by atoms with Gasteiger partial charge in [0.25, 0.3) is 10.0 Å². The predicted molar refractivity (Wildman–Crippen MR) is 109 cm³/mol. The molecule has 4 rings (SSSR count). The number of halogens is 1. The normalized spacial score (nSPS) is 11.7. The third-order valence-electron chi connectivity index (χ3n) is 4.75. The number of hydrogen-bond acceptors (Lipinski definition) is 4. The predicted octanol–water partition coefficient (Wildman–Crippen LogP) is 3.88. The van der Waals surface area contributed by atoms with Crippen LogP contribution in [0.4, 0.5) is 10.1 Å². The highest BCUT2D eigenvalue weighted by Crippen LogP contribution is 2.28. The number of aryl methyl sites for hydroxylation is 2. The number of pyridine rings is 1. The molecule has 0 bridgehead atoms. The maximum atomic E-state index is 14.2. The first-order valence-corrected chi connectivity index (χ1v) is 10.4. The highest BCUT2D eigenvalue weighted by molar-refractivity contribution is 7.92. The summed E-state index contributed by atoms with van der Waals surface area (Å²) in [5.74, 6) is 0.119. The summed E-state index contributed by atoms with van der Waals surface area (Å²) in [6.07, 6.45) is 1.49.